The second-order valence-electron chi connectivity index (χ2n) is 3.82. The number of rotatable bonds is 2. The predicted molar refractivity (Wildman–Crippen MR) is 62.7 cm³/mol. The largest absolute Gasteiger partial charge is 0.367 e. The number of amides is 1. The SMILES string of the molecule is CNC(=O)c1nc(F)ccc1N1CCNCC1. The number of hydrogen-bond acceptors (Lipinski definition) is 4. The monoisotopic (exact) mass is 238 g/mol. The van der Waals surface area contributed by atoms with E-state index in [1.54, 1.807) is 6.07 Å². The van der Waals surface area contributed by atoms with Crippen molar-refractivity contribution in [3.05, 3.63) is 23.8 Å². The minimum Gasteiger partial charge on any atom is -0.367 e. The fourth-order valence-electron chi connectivity index (χ4n) is 1.87. The number of nitrogens with one attached hydrogen (secondary N) is 2. The number of halogens is 1. The van der Waals surface area contributed by atoms with Crippen molar-refractivity contribution in [3.8, 4) is 0 Å². The van der Waals surface area contributed by atoms with Gasteiger partial charge in [-0.3, -0.25) is 4.79 Å². The number of carbonyl (C=O) groups is 1. The van der Waals surface area contributed by atoms with Crippen molar-refractivity contribution < 1.29 is 9.18 Å². The third-order valence-corrected chi connectivity index (χ3v) is 2.74. The topological polar surface area (TPSA) is 57.3 Å². The van der Waals surface area contributed by atoms with Crippen molar-refractivity contribution in [2.45, 2.75) is 0 Å². The lowest BCUT2D eigenvalue weighted by Crippen LogP contribution is -2.44. The first-order valence-electron chi connectivity index (χ1n) is 5.56. The van der Waals surface area contributed by atoms with Gasteiger partial charge in [-0.2, -0.15) is 4.39 Å². The Morgan fingerprint density at radius 2 is 2.18 bits per heavy atom. The van der Waals surface area contributed by atoms with E-state index < -0.39 is 5.95 Å². The normalized spacial score (nSPS) is 15.8. The third-order valence-electron chi connectivity index (χ3n) is 2.74. The van der Waals surface area contributed by atoms with Crippen molar-refractivity contribution in [1.82, 2.24) is 15.6 Å². The van der Waals surface area contributed by atoms with Crippen LogP contribution in [0, 0.1) is 5.95 Å². The van der Waals surface area contributed by atoms with E-state index in [4.69, 9.17) is 0 Å². The molecule has 6 heteroatoms. The molecule has 2 rings (SSSR count). The standard InChI is InChI=1S/C11H15FN4O/c1-13-11(17)10-8(2-3-9(12)15-10)16-6-4-14-5-7-16/h2-3,14H,4-7H2,1H3,(H,13,17). The first-order valence-corrected chi connectivity index (χ1v) is 5.56. The van der Waals surface area contributed by atoms with Crippen LogP contribution in [-0.2, 0) is 0 Å². The molecule has 1 aliphatic heterocycles. The molecule has 2 N–H and O–H groups in total. The quantitative estimate of drug-likeness (QED) is 0.712. The van der Waals surface area contributed by atoms with Gasteiger partial charge in [0.1, 0.15) is 0 Å². The predicted octanol–water partition coefficient (Wildman–Crippen LogP) is -0.0101. The molecule has 0 spiro atoms. The number of nitrogens with zero attached hydrogens (tertiary/aromatic N) is 2. The van der Waals surface area contributed by atoms with Gasteiger partial charge in [-0.25, -0.2) is 4.98 Å². The molecule has 2 heterocycles. The van der Waals surface area contributed by atoms with Gasteiger partial charge < -0.3 is 15.5 Å². The first-order chi connectivity index (χ1) is 8.22. The van der Waals surface area contributed by atoms with Gasteiger partial charge in [0.2, 0.25) is 5.95 Å². The fraction of sp³-hybridized carbons (Fsp3) is 0.455. The van der Waals surface area contributed by atoms with Crippen LogP contribution in [0.2, 0.25) is 0 Å². The molecule has 1 fully saturated rings. The molecule has 1 aromatic rings. The molecule has 0 bridgehead atoms. The molecule has 17 heavy (non-hydrogen) atoms. The van der Waals surface area contributed by atoms with E-state index in [1.807, 2.05) is 4.90 Å². The van der Waals surface area contributed by atoms with Crippen LogP contribution in [0.4, 0.5) is 10.1 Å². The number of anilines is 1. The lowest BCUT2D eigenvalue weighted by molar-refractivity contribution is 0.0957. The maximum atomic E-state index is 13.1. The Bertz CT molecular complexity index is 418. The molecule has 5 nitrogen and oxygen atoms in total. The Hall–Kier alpha value is -1.69. The smallest absolute Gasteiger partial charge is 0.271 e. The summed E-state index contributed by atoms with van der Waals surface area (Å²) in [6.07, 6.45) is 0. The molecular weight excluding hydrogens is 223 g/mol. The average Bonchev–Trinajstić information content (AvgIpc) is 2.38. The summed E-state index contributed by atoms with van der Waals surface area (Å²) in [7, 11) is 1.51. The molecule has 1 saturated heterocycles. The summed E-state index contributed by atoms with van der Waals surface area (Å²) >= 11 is 0. The summed E-state index contributed by atoms with van der Waals surface area (Å²) in [5, 5.41) is 5.70. The van der Waals surface area contributed by atoms with Gasteiger partial charge in [-0.1, -0.05) is 0 Å². The molecule has 0 radical (unpaired) electrons. The summed E-state index contributed by atoms with van der Waals surface area (Å²) < 4.78 is 13.1. The highest BCUT2D eigenvalue weighted by atomic mass is 19.1. The minimum absolute atomic E-state index is 0.148. The number of pyridine rings is 1. The summed E-state index contributed by atoms with van der Waals surface area (Å²) in [5.74, 6) is -1.000. The first kappa shape index (κ1) is 11.8. The zero-order valence-corrected chi connectivity index (χ0v) is 9.66. The number of piperazine rings is 1. The summed E-state index contributed by atoms with van der Waals surface area (Å²) in [5.41, 5.74) is 0.835. The van der Waals surface area contributed by atoms with E-state index in [2.05, 4.69) is 15.6 Å². The van der Waals surface area contributed by atoms with Gasteiger partial charge in [0.05, 0.1) is 5.69 Å². The Labute approximate surface area is 99.0 Å². The van der Waals surface area contributed by atoms with Gasteiger partial charge in [0.25, 0.3) is 5.91 Å². The van der Waals surface area contributed by atoms with E-state index >= 15 is 0 Å². The maximum Gasteiger partial charge on any atom is 0.271 e. The molecular formula is C11H15FN4O. The summed E-state index contributed by atoms with van der Waals surface area (Å²) in [6, 6.07) is 2.89. The highest BCUT2D eigenvalue weighted by Crippen LogP contribution is 2.19. The third kappa shape index (κ3) is 2.52. The van der Waals surface area contributed by atoms with E-state index in [0.717, 1.165) is 26.2 Å². The Morgan fingerprint density at radius 3 is 2.82 bits per heavy atom. The number of aromatic nitrogens is 1. The maximum absolute atomic E-state index is 13.1. The second-order valence-corrected chi connectivity index (χ2v) is 3.82. The van der Waals surface area contributed by atoms with Gasteiger partial charge in [-0.05, 0) is 12.1 Å². The highest BCUT2D eigenvalue weighted by Gasteiger charge is 2.19. The molecule has 0 atom stereocenters. The zero-order chi connectivity index (χ0) is 12.3. The summed E-state index contributed by atoms with van der Waals surface area (Å²) in [4.78, 5) is 17.4. The van der Waals surface area contributed by atoms with Gasteiger partial charge in [-0.15, -0.1) is 0 Å². The molecule has 1 aliphatic rings. The van der Waals surface area contributed by atoms with Crippen LogP contribution in [0.25, 0.3) is 0 Å². The fourth-order valence-corrected chi connectivity index (χ4v) is 1.87. The molecule has 1 amide bonds. The van der Waals surface area contributed by atoms with Gasteiger partial charge in [0.15, 0.2) is 5.69 Å². The van der Waals surface area contributed by atoms with E-state index in [0.29, 0.717) is 5.69 Å². The molecule has 92 valence electrons. The van der Waals surface area contributed by atoms with Crippen LogP contribution in [0.1, 0.15) is 10.5 Å². The van der Waals surface area contributed by atoms with Crippen LogP contribution in [-0.4, -0.2) is 44.1 Å². The Morgan fingerprint density at radius 1 is 1.47 bits per heavy atom. The van der Waals surface area contributed by atoms with Crippen LogP contribution < -0.4 is 15.5 Å². The summed E-state index contributed by atoms with van der Waals surface area (Å²) in [6.45, 7) is 3.28. The molecule has 0 saturated carbocycles. The van der Waals surface area contributed by atoms with Gasteiger partial charge >= 0.3 is 0 Å². The van der Waals surface area contributed by atoms with Crippen molar-refractivity contribution in [1.29, 1.82) is 0 Å². The van der Waals surface area contributed by atoms with Crippen LogP contribution in [0.5, 0.6) is 0 Å². The van der Waals surface area contributed by atoms with Crippen LogP contribution >= 0.6 is 0 Å². The molecule has 0 aliphatic carbocycles. The second kappa shape index (κ2) is 5.09. The van der Waals surface area contributed by atoms with Crippen molar-refractivity contribution >= 4 is 11.6 Å². The van der Waals surface area contributed by atoms with Crippen molar-refractivity contribution in [3.63, 3.8) is 0 Å². The molecule has 1 aromatic heterocycles. The van der Waals surface area contributed by atoms with Crippen molar-refractivity contribution in [2.24, 2.45) is 0 Å². The Kier molecular flexibility index (Phi) is 3.53. The zero-order valence-electron chi connectivity index (χ0n) is 9.66. The molecule has 0 aromatic carbocycles. The lowest BCUT2D eigenvalue weighted by atomic mass is 10.2. The average molecular weight is 238 g/mol. The van der Waals surface area contributed by atoms with E-state index in [-0.39, 0.29) is 11.6 Å². The van der Waals surface area contributed by atoms with Gasteiger partial charge in [0, 0.05) is 33.2 Å². The van der Waals surface area contributed by atoms with Crippen molar-refractivity contribution in [2.75, 3.05) is 38.1 Å². The lowest BCUT2D eigenvalue weighted by Gasteiger charge is -2.30. The van der Waals surface area contributed by atoms with Crippen LogP contribution in [0.3, 0.4) is 0 Å². The number of carbonyl (C=O) groups excluding carboxylic acids is 1. The van der Waals surface area contributed by atoms with E-state index in [1.165, 1.54) is 13.1 Å². The van der Waals surface area contributed by atoms with Crippen LogP contribution in [0.15, 0.2) is 12.1 Å². The molecule has 0 unspecified atom stereocenters. The minimum atomic E-state index is -0.637. The Balaban J connectivity index is 2.34. The number of hydrogen-bond donors (Lipinski definition) is 2. The van der Waals surface area contributed by atoms with E-state index in [9.17, 15) is 9.18 Å². The highest BCUT2D eigenvalue weighted by molar-refractivity contribution is 5.97.